The van der Waals surface area contributed by atoms with Gasteiger partial charge in [-0.05, 0) is 30.7 Å². The standard InChI is InChI=1S/C15H13F4N/c1-9(10-2-4-12(16)5-3-10)20-8-11-6-14(18)15(19)7-13(11)17/h2-7,9,20H,8H2,1H3/t9-/m1/s1. The second kappa shape index (κ2) is 6.05. The Morgan fingerprint density at radius 1 is 0.900 bits per heavy atom. The Bertz CT molecular complexity index is 596. The minimum atomic E-state index is -1.21. The first-order valence-corrected chi connectivity index (χ1v) is 6.09. The summed E-state index contributed by atoms with van der Waals surface area (Å²) in [6.07, 6.45) is 0. The SMILES string of the molecule is C[C@@H](NCc1cc(F)c(F)cc1F)c1ccc(F)cc1. The van der Waals surface area contributed by atoms with Crippen molar-refractivity contribution in [3.63, 3.8) is 0 Å². The molecule has 2 aromatic carbocycles. The van der Waals surface area contributed by atoms with Crippen LogP contribution in [0.4, 0.5) is 17.6 Å². The Hall–Kier alpha value is -1.88. The first-order chi connectivity index (χ1) is 9.47. The average molecular weight is 283 g/mol. The lowest BCUT2D eigenvalue weighted by atomic mass is 10.1. The predicted molar refractivity (Wildman–Crippen MR) is 68.0 cm³/mol. The molecule has 0 aliphatic heterocycles. The molecule has 0 saturated heterocycles. The molecular weight excluding hydrogens is 270 g/mol. The van der Waals surface area contributed by atoms with E-state index in [4.69, 9.17) is 0 Å². The van der Waals surface area contributed by atoms with E-state index in [0.29, 0.717) is 6.07 Å². The topological polar surface area (TPSA) is 12.0 Å². The van der Waals surface area contributed by atoms with Gasteiger partial charge in [0, 0.05) is 24.2 Å². The van der Waals surface area contributed by atoms with Crippen LogP contribution in [0.5, 0.6) is 0 Å². The van der Waals surface area contributed by atoms with E-state index in [2.05, 4.69) is 5.32 Å². The maximum absolute atomic E-state index is 13.4. The van der Waals surface area contributed by atoms with E-state index in [1.807, 2.05) is 6.92 Å². The zero-order chi connectivity index (χ0) is 14.7. The molecule has 0 spiro atoms. The first kappa shape index (κ1) is 14.5. The molecule has 1 N–H and O–H groups in total. The van der Waals surface area contributed by atoms with Crippen LogP contribution in [0.3, 0.4) is 0 Å². The molecule has 1 nitrogen and oxygen atoms in total. The molecule has 0 bridgehead atoms. The van der Waals surface area contributed by atoms with Gasteiger partial charge in [0.1, 0.15) is 11.6 Å². The first-order valence-electron chi connectivity index (χ1n) is 6.09. The van der Waals surface area contributed by atoms with Crippen LogP contribution < -0.4 is 5.32 Å². The van der Waals surface area contributed by atoms with Crippen molar-refractivity contribution in [1.29, 1.82) is 0 Å². The van der Waals surface area contributed by atoms with E-state index >= 15 is 0 Å². The molecule has 2 rings (SSSR count). The summed E-state index contributed by atoms with van der Waals surface area (Å²) >= 11 is 0. The van der Waals surface area contributed by atoms with E-state index in [1.54, 1.807) is 12.1 Å². The number of benzene rings is 2. The quantitative estimate of drug-likeness (QED) is 0.658. The fraction of sp³-hybridized carbons (Fsp3) is 0.200. The number of hydrogen-bond donors (Lipinski definition) is 1. The number of halogens is 4. The Morgan fingerprint density at radius 2 is 1.50 bits per heavy atom. The molecule has 0 radical (unpaired) electrons. The summed E-state index contributed by atoms with van der Waals surface area (Å²) in [6, 6.07) is 7.04. The summed E-state index contributed by atoms with van der Waals surface area (Å²) in [6.45, 7) is 1.85. The van der Waals surface area contributed by atoms with Gasteiger partial charge in [-0.15, -0.1) is 0 Å². The van der Waals surface area contributed by atoms with Crippen molar-refractivity contribution >= 4 is 0 Å². The van der Waals surface area contributed by atoms with Crippen molar-refractivity contribution in [2.75, 3.05) is 0 Å². The van der Waals surface area contributed by atoms with Gasteiger partial charge in [0.15, 0.2) is 11.6 Å². The highest BCUT2D eigenvalue weighted by molar-refractivity contribution is 5.22. The highest BCUT2D eigenvalue weighted by Crippen LogP contribution is 2.17. The van der Waals surface area contributed by atoms with Crippen LogP contribution in [-0.4, -0.2) is 0 Å². The molecule has 106 valence electrons. The molecule has 0 unspecified atom stereocenters. The zero-order valence-corrected chi connectivity index (χ0v) is 10.8. The normalized spacial score (nSPS) is 12.4. The van der Waals surface area contributed by atoms with Crippen LogP contribution in [0.15, 0.2) is 36.4 Å². The Labute approximate surface area is 114 Å². The van der Waals surface area contributed by atoms with E-state index in [1.165, 1.54) is 12.1 Å². The van der Waals surface area contributed by atoms with Gasteiger partial charge in [-0.1, -0.05) is 12.1 Å². The van der Waals surface area contributed by atoms with E-state index < -0.39 is 17.5 Å². The Balaban J connectivity index is 2.05. The minimum absolute atomic E-state index is 0.0397. The molecule has 2 aromatic rings. The third-order valence-corrected chi connectivity index (χ3v) is 3.06. The monoisotopic (exact) mass is 283 g/mol. The molecule has 0 aromatic heterocycles. The lowest BCUT2D eigenvalue weighted by molar-refractivity contribution is 0.482. The maximum atomic E-state index is 13.4. The summed E-state index contributed by atoms with van der Waals surface area (Å²) in [5, 5.41) is 2.97. The molecular formula is C15H13F4N. The highest BCUT2D eigenvalue weighted by Gasteiger charge is 2.11. The summed E-state index contributed by atoms with van der Waals surface area (Å²) in [4.78, 5) is 0. The Morgan fingerprint density at radius 3 is 2.15 bits per heavy atom. The maximum Gasteiger partial charge on any atom is 0.161 e. The summed E-state index contributed by atoms with van der Waals surface area (Å²) in [7, 11) is 0. The predicted octanol–water partition coefficient (Wildman–Crippen LogP) is 4.09. The van der Waals surface area contributed by atoms with Crippen LogP contribution in [0.1, 0.15) is 24.1 Å². The number of rotatable bonds is 4. The minimum Gasteiger partial charge on any atom is -0.306 e. The molecule has 0 aliphatic carbocycles. The van der Waals surface area contributed by atoms with Gasteiger partial charge in [0.05, 0.1) is 0 Å². The van der Waals surface area contributed by atoms with Crippen LogP contribution >= 0.6 is 0 Å². The number of hydrogen-bond acceptors (Lipinski definition) is 1. The van der Waals surface area contributed by atoms with E-state index in [0.717, 1.165) is 11.6 Å². The fourth-order valence-electron chi connectivity index (χ4n) is 1.83. The van der Waals surface area contributed by atoms with Crippen LogP contribution in [-0.2, 0) is 6.54 Å². The summed E-state index contributed by atoms with van der Waals surface area (Å²) in [5.41, 5.74) is 0.854. The molecule has 0 saturated carbocycles. The molecule has 0 fully saturated rings. The number of nitrogens with one attached hydrogen (secondary N) is 1. The molecule has 20 heavy (non-hydrogen) atoms. The van der Waals surface area contributed by atoms with Gasteiger partial charge < -0.3 is 5.32 Å². The van der Waals surface area contributed by atoms with Gasteiger partial charge in [-0.2, -0.15) is 0 Å². The van der Waals surface area contributed by atoms with E-state index in [9.17, 15) is 17.6 Å². The van der Waals surface area contributed by atoms with Crippen molar-refractivity contribution in [1.82, 2.24) is 5.32 Å². The van der Waals surface area contributed by atoms with Gasteiger partial charge >= 0.3 is 0 Å². The lowest BCUT2D eigenvalue weighted by Crippen LogP contribution is -2.19. The van der Waals surface area contributed by atoms with Crippen LogP contribution in [0.25, 0.3) is 0 Å². The average Bonchev–Trinajstić information content (AvgIpc) is 2.42. The van der Waals surface area contributed by atoms with Gasteiger partial charge in [0.2, 0.25) is 0 Å². The van der Waals surface area contributed by atoms with Crippen molar-refractivity contribution in [3.8, 4) is 0 Å². The smallest absolute Gasteiger partial charge is 0.161 e. The zero-order valence-electron chi connectivity index (χ0n) is 10.8. The van der Waals surface area contributed by atoms with Crippen molar-refractivity contribution in [2.45, 2.75) is 19.5 Å². The third-order valence-electron chi connectivity index (χ3n) is 3.06. The molecule has 0 aliphatic rings. The summed E-state index contributed by atoms with van der Waals surface area (Å²) in [5.74, 6) is -3.44. The fourth-order valence-corrected chi connectivity index (χ4v) is 1.83. The Kier molecular flexibility index (Phi) is 4.39. The molecule has 1 atom stereocenters. The highest BCUT2D eigenvalue weighted by atomic mass is 19.2. The second-order valence-electron chi connectivity index (χ2n) is 4.51. The van der Waals surface area contributed by atoms with Gasteiger partial charge in [-0.3, -0.25) is 0 Å². The van der Waals surface area contributed by atoms with Crippen molar-refractivity contribution < 1.29 is 17.6 Å². The lowest BCUT2D eigenvalue weighted by Gasteiger charge is -2.14. The third kappa shape index (κ3) is 3.36. The van der Waals surface area contributed by atoms with E-state index in [-0.39, 0.29) is 24.0 Å². The van der Waals surface area contributed by atoms with Crippen LogP contribution in [0.2, 0.25) is 0 Å². The largest absolute Gasteiger partial charge is 0.306 e. The second-order valence-corrected chi connectivity index (χ2v) is 4.51. The molecule has 0 amide bonds. The van der Waals surface area contributed by atoms with Gasteiger partial charge in [-0.25, -0.2) is 17.6 Å². The molecule has 0 heterocycles. The summed E-state index contributed by atoms with van der Waals surface area (Å²) < 4.78 is 52.1. The van der Waals surface area contributed by atoms with Gasteiger partial charge in [0.25, 0.3) is 0 Å². The van der Waals surface area contributed by atoms with Crippen molar-refractivity contribution in [3.05, 3.63) is 70.8 Å². The van der Waals surface area contributed by atoms with Crippen molar-refractivity contribution in [2.24, 2.45) is 0 Å². The van der Waals surface area contributed by atoms with Crippen LogP contribution in [0, 0.1) is 23.3 Å². The molecule has 5 heteroatoms.